The Morgan fingerprint density at radius 3 is 1.46 bits per heavy atom. The van der Waals surface area contributed by atoms with E-state index in [0.29, 0.717) is 35.0 Å². The summed E-state index contributed by atoms with van der Waals surface area (Å²) in [4.78, 5) is 24.4. The summed E-state index contributed by atoms with van der Waals surface area (Å²) in [6.45, 7) is 41.1. The van der Waals surface area contributed by atoms with Crippen LogP contribution in [0.15, 0.2) is 0 Å². The molecular weight excluding hydrogens is 677 g/mol. The molecule has 1 aliphatic carbocycles. The number of piperidine rings is 1. The van der Waals surface area contributed by atoms with E-state index in [1.165, 1.54) is 12.8 Å². The molecule has 54 heavy (non-hydrogen) atoms. The van der Waals surface area contributed by atoms with Gasteiger partial charge in [0.25, 0.3) is 0 Å². The number of hydrogen-bond donors (Lipinski definition) is 3. The number of aliphatic hydroxyl groups is 2. The Balaban J connectivity index is -0.000000291. The first-order chi connectivity index (χ1) is 23.9. The maximum atomic E-state index is 11.8. The van der Waals surface area contributed by atoms with Gasteiger partial charge >= 0.3 is 0 Å². The van der Waals surface area contributed by atoms with Crippen molar-refractivity contribution < 1.29 is 29.3 Å². The number of likely N-dealkylation sites (tertiary alicyclic amines) is 1. The third kappa shape index (κ3) is 39.0. The number of carbonyl (C=O) groups is 2. The minimum atomic E-state index is -0.200. The van der Waals surface area contributed by atoms with Crippen molar-refractivity contribution in [2.75, 3.05) is 47.1 Å². The molecule has 0 spiro atoms. The zero-order valence-corrected chi connectivity index (χ0v) is 38.9. The SMILES string of the molecule is C.CC(C)(C)C1CCC(O)CC1.CC(C)(C)CC(=O)N1CCC(O)CC1.CCCOCCC(C)(C)C.CNC(=O)CC(C)(C)C.COCC(C)C(C)(C)C. The van der Waals surface area contributed by atoms with Gasteiger partial charge in [0, 0.05) is 59.9 Å². The zero-order chi connectivity index (χ0) is 42.3. The molecule has 8 nitrogen and oxygen atoms in total. The summed E-state index contributed by atoms with van der Waals surface area (Å²) in [6, 6.07) is 0. The van der Waals surface area contributed by atoms with Crippen molar-refractivity contribution >= 4 is 11.8 Å². The third-order valence-corrected chi connectivity index (χ3v) is 9.63. The molecule has 0 radical (unpaired) electrons. The lowest BCUT2D eigenvalue weighted by molar-refractivity contribution is -0.135. The number of methoxy groups -OCH3 is 1. The molecule has 1 atom stereocenters. The number of ether oxygens (including phenoxy) is 2. The maximum Gasteiger partial charge on any atom is 0.223 e. The van der Waals surface area contributed by atoms with Gasteiger partial charge in [-0.05, 0) is 90.3 Å². The molecule has 1 heterocycles. The van der Waals surface area contributed by atoms with Gasteiger partial charge in [-0.25, -0.2) is 0 Å². The summed E-state index contributed by atoms with van der Waals surface area (Å²) in [6.07, 6.45) is 9.21. The van der Waals surface area contributed by atoms with E-state index in [4.69, 9.17) is 9.47 Å². The standard InChI is InChI=1S/C11H21NO2.C10H20O.C9H20O.C8H18O.C7H15NO.CH4/c1-11(2,3)8-10(14)12-6-4-9(13)5-7-12;1-10(2,3)8-4-6-9(11)7-5-8;1-5-7-10-8-6-9(2,3)4;1-7(6-9-5)8(2,3)4;1-7(2,3)5-6(9)8-4;/h9,13H,4-8H2,1-3H3;8-9,11H,4-7H2,1-3H3;5-8H2,1-4H3;7H,6H2,1-5H3;5H2,1-4H3,(H,8,9);1H4. The summed E-state index contributed by atoms with van der Waals surface area (Å²) in [5, 5.41) is 21.2. The van der Waals surface area contributed by atoms with Crippen molar-refractivity contribution in [3.63, 3.8) is 0 Å². The van der Waals surface area contributed by atoms with Crippen molar-refractivity contribution in [2.45, 2.75) is 202 Å². The van der Waals surface area contributed by atoms with Gasteiger partial charge < -0.3 is 29.9 Å². The number of rotatable bonds is 8. The number of aliphatic hydroxyl groups excluding tert-OH is 2. The molecule has 2 aliphatic rings. The van der Waals surface area contributed by atoms with Crippen molar-refractivity contribution in [1.29, 1.82) is 0 Å². The van der Waals surface area contributed by atoms with Gasteiger partial charge in [-0.3, -0.25) is 9.59 Å². The molecule has 1 saturated heterocycles. The number of carbonyl (C=O) groups excluding carboxylic acids is 2. The minimum Gasteiger partial charge on any atom is -0.393 e. The first-order valence-electron chi connectivity index (χ1n) is 20.8. The second kappa shape index (κ2) is 29.1. The molecule has 0 aromatic rings. The molecule has 1 unspecified atom stereocenters. The fraction of sp³-hybridized carbons (Fsp3) is 0.957. The van der Waals surface area contributed by atoms with Crippen LogP contribution in [0.25, 0.3) is 0 Å². The molecule has 3 N–H and O–H groups in total. The van der Waals surface area contributed by atoms with Crippen molar-refractivity contribution in [2.24, 2.45) is 38.9 Å². The molecule has 2 amide bonds. The lowest BCUT2D eigenvalue weighted by atomic mass is 9.72. The maximum absolute atomic E-state index is 11.8. The molecule has 0 aromatic heterocycles. The van der Waals surface area contributed by atoms with Gasteiger partial charge in [0.1, 0.15) is 0 Å². The second-order valence-corrected chi connectivity index (χ2v) is 21.3. The van der Waals surface area contributed by atoms with Crippen LogP contribution in [0.3, 0.4) is 0 Å². The quantitative estimate of drug-likeness (QED) is 0.212. The normalized spacial score (nSPS) is 18.7. The minimum absolute atomic E-state index is 0. The van der Waals surface area contributed by atoms with Crippen LogP contribution in [0, 0.1) is 38.9 Å². The Kier molecular flexibility index (Phi) is 32.0. The Morgan fingerprint density at radius 1 is 0.722 bits per heavy atom. The average Bonchev–Trinajstić information content (AvgIpc) is 2.98. The fourth-order valence-electron chi connectivity index (χ4n) is 5.32. The third-order valence-electron chi connectivity index (χ3n) is 9.63. The fourth-order valence-corrected chi connectivity index (χ4v) is 5.32. The topological polar surface area (TPSA) is 108 Å². The molecular formula is C46H98N2O6. The van der Waals surface area contributed by atoms with Crippen LogP contribution in [0.2, 0.25) is 0 Å². The van der Waals surface area contributed by atoms with E-state index in [-0.39, 0.29) is 42.3 Å². The molecule has 1 saturated carbocycles. The summed E-state index contributed by atoms with van der Waals surface area (Å²) < 4.78 is 10.4. The van der Waals surface area contributed by atoms with Gasteiger partial charge in [-0.15, -0.1) is 0 Å². The highest BCUT2D eigenvalue weighted by atomic mass is 16.5. The first kappa shape index (κ1) is 59.5. The number of nitrogens with zero attached hydrogens (tertiary/aromatic N) is 1. The molecule has 2 rings (SSSR count). The summed E-state index contributed by atoms with van der Waals surface area (Å²) in [7, 11) is 3.41. The molecule has 0 aromatic carbocycles. The highest BCUT2D eigenvalue weighted by molar-refractivity contribution is 5.77. The Hall–Kier alpha value is -1.22. The van der Waals surface area contributed by atoms with Gasteiger partial charge in [-0.1, -0.05) is 125 Å². The van der Waals surface area contributed by atoms with Crippen LogP contribution < -0.4 is 5.32 Å². The molecule has 8 heteroatoms. The van der Waals surface area contributed by atoms with Gasteiger partial charge in [0.05, 0.1) is 12.2 Å². The van der Waals surface area contributed by atoms with Gasteiger partial charge in [-0.2, -0.15) is 0 Å². The lowest BCUT2D eigenvalue weighted by Gasteiger charge is -2.35. The molecule has 0 bridgehead atoms. The number of nitrogens with one attached hydrogen (secondary N) is 1. The van der Waals surface area contributed by atoms with Gasteiger partial charge in [0.2, 0.25) is 11.8 Å². The van der Waals surface area contributed by atoms with E-state index in [1.807, 2.05) is 25.7 Å². The summed E-state index contributed by atoms with van der Waals surface area (Å²) >= 11 is 0. The molecule has 1 aliphatic heterocycles. The van der Waals surface area contributed by atoms with E-state index in [9.17, 15) is 19.8 Å². The zero-order valence-electron chi connectivity index (χ0n) is 38.9. The predicted molar refractivity (Wildman–Crippen MR) is 234 cm³/mol. The highest BCUT2D eigenvalue weighted by Crippen LogP contribution is 2.37. The lowest BCUT2D eigenvalue weighted by Crippen LogP contribution is -2.41. The van der Waals surface area contributed by atoms with Crippen LogP contribution in [0.4, 0.5) is 0 Å². The van der Waals surface area contributed by atoms with Crippen molar-refractivity contribution in [3.8, 4) is 0 Å². The number of amides is 2. The Bertz CT molecular complexity index is 902. The monoisotopic (exact) mass is 775 g/mol. The van der Waals surface area contributed by atoms with E-state index >= 15 is 0 Å². The summed E-state index contributed by atoms with van der Waals surface area (Å²) in [5.41, 5.74) is 1.43. The van der Waals surface area contributed by atoms with Crippen LogP contribution in [0.1, 0.15) is 189 Å². The van der Waals surface area contributed by atoms with Crippen molar-refractivity contribution in [3.05, 3.63) is 0 Å². The first-order valence-corrected chi connectivity index (χ1v) is 20.8. The molecule has 328 valence electrons. The Labute approximate surface area is 338 Å². The largest absolute Gasteiger partial charge is 0.393 e. The Morgan fingerprint density at radius 2 is 1.17 bits per heavy atom. The van der Waals surface area contributed by atoms with Crippen LogP contribution in [-0.2, 0) is 19.1 Å². The van der Waals surface area contributed by atoms with Crippen LogP contribution in [0.5, 0.6) is 0 Å². The van der Waals surface area contributed by atoms with Crippen LogP contribution >= 0.6 is 0 Å². The number of hydrogen-bond acceptors (Lipinski definition) is 6. The van der Waals surface area contributed by atoms with E-state index in [1.54, 1.807) is 14.2 Å². The average molecular weight is 775 g/mol. The van der Waals surface area contributed by atoms with E-state index in [0.717, 1.165) is 77.4 Å². The van der Waals surface area contributed by atoms with E-state index < -0.39 is 0 Å². The summed E-state index contributed by atoms with van der Waals surface area (Å²) in [5.74, 6) is 1.81. The molecule has 2 fully saturated rings. The second-order valence-electron chi connectivity index (χ2n) is 21.3. The van der Waals surface area contributed by atoms with Gasteiger partial charge in [0.15, 0.2) is 0 Å². The van der Waals surface area contributed by atoms with Crippen molar-refractivity contribution in [1.82, 2.24) is 10.2 Å². The van der Waals surface area contributed by atoms with E-state index in [2.05, 4.69) is 102 Å². The predicted octanol–water partition coefficient (Wildman–Crippen LogP) is 11.0. The highest BCUT2D eigenvalue weighted by Gasteiger charge is 2.29. The smallest absolute Gasteiger partial charge is 0.223 e. The van der Waals surface area contributed by atoms with Crippen LogP contribution in [-0.4, -0.2) is 86.2 Å².